The van der Waals surface area contributed by atoms with Crippen LogP contribution in [0.3, 0.4) is 0 Å². The van der Waals surface area contributed by atoms with Crippen LogP contribution in [0.4, 0.5) is 15.8 Å². The number of nitro groups is 1. The molecule has 0 atom stereocenters. The van der Waals surface area contributed by atoms with Gasteiger partial charge in [0, 0.05) is 17.2 Å². The summed E-state index contributed by atoms with van der Waals surface area (Å²) in [5, 5.41) is 18.3. The fourth-order valence-corrected chi connectivity index (χ4v) is 2.98. The van der Waals surface area contributed by atoms with Crippen molar-refractivity contribution in [1.82, 2.24) is 9.78 Å². The summed E-state index contributed by atoms with van der Waals surface area (Å²) in [5.41, 5.74) is 1.95. The Labute approximate surface area is 166 Å². The summed E-state index contributed by atoms with van der Waals surface area (Å²) in [5.74, 6) is -0.791. The molecule has 3 rings (SSSR count). The zero-order chi connectivity index (χ0) is 21.1. The van der Waals surface area contributed by atoms with Crippen LogP contribution >= 0.6 is 0 Å². The second kappa shape index (κ2) is 8.09. The number of ether oxygens (including phenoxy) is 1. The summed E-state index contributed by atoms with van der Waals surface area (Å²) < 4.78 is 20.5. The number of amides is 1. The van der Waals surface area contributed by atoms with Gasteiger partial charge >= 0.3 is 5.69 Å². The predicted octanol–water partition coefficient (Wildman–Crippen LogP) is 3.86. The highest BCUT2D eigenvalue weighted by Crippen LogP contribution is 2.28. The van der Waals surface area contributed by atoms with Gasteiger partial charge in [0.15, 0.2) is 5.75 Å². The van der Waals surface area contributed by atoms with E-state index in [-0.39, 0.29) is 29.4 Å². The highest BCUT2D eigenvalue weighted by Gasteiger charge is 2.20. The van der Waals surface area contributed by atoms with Crippen LogP contribution in [-0.4, -0.2) is 27.7 Å². The van der Waals surface area contributed by atoms with Gasteiger partial charge in [0.1, 0.15) is 5.82 Å². The number of rotatable bonds is 6. The van der Waals surface area contributed by atoms with Crippen LogP contribution < -0.4 is 10.1 Å². The second-order valence-electron chi connectivity index (χ2n) is 6.39. The first-order valence-electron chi connectivity index (χ1n) is 8.73. The molecule has 2 aromatic carbocycles. The Morgan fingerprint density at radius 3 is 2.66 bits per heavy atom. The van der Waals surface area contributed by atoms with E-state index in [0.717, 1.165) is 6.07 Å². The molecule has 8 nitrogen and oxygen atoms in total. The summed E-state index contributed by atoms with van der Waals surface area (Å²) >= 11 is 0. The number of nitro benzene ring substituents is 1. The number of nitrogens with zero attached hydrogens (tertiary/aromatic N) is 3. The molecule has 0 radical (unpaired) electrons. The van der Waals surface area contributed by atoms with E-state index in [4.69, 9.17) is 4.74 Å². The summed E-state index contributed by atoms with van der Waals surface area (Å²) in [6.07, 6.45) is 0. The van der Waals surface area contributed by atoms with Crippen molar-refractivity contribution in [2.24, 2.45) is 0 Å². The van der Waals surface area contributed by atoms with Crippen LogP contribution in [0.2, 0.25) is 0 Å². The minimum absolute atomic E-state index is 0.0663. The average Bonchev–Trinajstić information content (AvgIpc) is 2.96. The van der Waals surface area contributed by atoms with Gasteiger partial charge in [-0.1, -0.05) is 18.2 Å². The molecule has 0 saturated heterocycles. The SMILES string of the molecule is COc1ccc(C(=O)Nc2c(C)nn(Cc3ccccc3F)c2C)cc1[N+](=O)[O-]. The lowest BCUT2D eigenvalue weighted by atomic mass is 10.1. The number of carbonyl (C=O) groups is 1. The van der Waals surface area contributed by atoms with Crippen molar-refractivity contribution in [1.29, 1.82) is 0 Å². The normalized spacial score (nSPS) is 10.6. The number of hydrogen-bond donors (Lipinski definition) is 1. The van der Waals surface area contributed by atoms with Crippen LogP contribution in [0.5, 0.6) is 5.75 Å². The smallest absolute Gasteiger partial charge is 0.311 e. The largest absolute Gasteiger partial charge is 0.490 e. The van der Waals surface area contributed by atoms with E-state index in [9.17, 15) is 19.3 Å². The molecule has 0 aliphatic heterocycles. The third-order valence-corrected chi connectivity index (χ3v) is 4.54. The summed E-state index contributed by atoms with van der Waals surface area (Å²) in [4.78, 5) is 23.2. The molecular weight excluding hydrogens is 379 g/mol. The fourth-order valence-electron chi connectivity index (χ4n) is 2.98. The number of anilines is 1. The molecule has 0 aliphatic rings. The highest BCUT2D eigenvalue weighted by molar-refractivity contribution is 6.05. The Morgan fingerprint density at radius 1 is 1.28 bits per heavy atom. The number of nitrogens with one attached hydrogen (secondary N) is 1. The van der Waals surface area contributed by atoms with E-state index in [1.54, 1.807) is 36.7 Å². The molecule has 1 N–H and O–H groups in total. The second-order valence-corrected chi connectivity index (χ2v) is 6.39. The van der Waals surface area contributed by atoms with Gasteiger partial charge in [0.25, 0.3) is 5.91 Å². The topological polar surface area (TPSA) is 99.3 Å². The Kier molecular flexibility index (Phi) is 5.58. The van der Waals surface area contributed by atoms with E-state index in [1.165, 1.54) is 25.3 Å². The lowest BCUT2D eigenvalue weighted by Gasteiger charge is -2.09. The van der Waals surface area contributed by atoms with Gasteiger partial charge in [-0.15, -0.1) is 0 Å². The third kappa shape index (κ3) is 4.08. The van der Waals surface area contributed by atoms with E-state index in [1.807, 2.05) is 0 Å². The Bertz CT molecular complexity index is 1090. The zero-order valence-electron chi connectivity index (χ0n) is 16.1. The number of carbonyl (C=O) groups excluding carboxylic acids is 1. The Morgan fingerprint density at radius 2 is 2.00 bits per heavy atom. The van der Waals surface area contributed by atoms with Crippen LogP contribution in [0.15, 0.2) is 42.5 Å². The number of methoxy groups -OCH3 is 1. The molecule has 0 unspecified atom stereocenters. The maximum atomic E-state index is 13.9. The number of hydrogen-bond acceptors (Lipinski definition) is 5. The maximum absolute atomic E-state index is 13.9. The molecule has 0 saturated carbocycles. The van der Waals surface area contributed by atoms with Gasteiger partial charge in [-0.25, -0.2) is 4.39 Å². The molecule has 29 heavy (non-hydrogen) atoms. The van der Waals surface area contributed by atoms with Gasteiger partial charge in [-0.2, -0.15) is 5.10 Å². The molecule has 0 fully saturated rings. The fraction of sp³-hybridized carbons (Fsp3) is 0.200. The first-order chi connectivity index (χ1) is 13.8. The van der Waals surface area contributed by atoms with Crippen molar-refractivity contribution in [2.75, 3.05) is 12.4 Å². The predicted molar refractivity (Wildman–Crippen MR) is 105 cm³/mol. The molecule has 1 aromatic heterocycles. The maximum Gasteiger partial charge on any atom is 0.311 e. The molecular formula is C20H19FN4O4. The monoisotopic (exact) mass is 398 g/mol. The Hall–Kier alpha value is -3.75. The van der Waals surface area contributed by atoms with Gasteiger partial charge in [-0.05, 0) is 32.0 Å². The molecule has 150 valence electrons. The van der Waals surface area contributed by atoms with Crippen molar-refractivity contribution in [3.8, 4) is 5.75 Å². The molecule has 0 bridgehead atoms. The third-order valence-electron chi connectivity index (χ3n) is 4.54. The molecule has 0 aliphatic carbocycles. The first kappa shape index (κ1) is 20.0. The number of benzene rings is 2. The lowest BCUT2D eigenvalue weighted by molar-refractivity contribution is -0.385. The van der Waals surface area contributed by atoms with Crippen LogP contribution in [0.1, 0.15) is 27.3 Å². The van der Waals surface area contributed by atoms with E-state index in [0.29, 0.717) is 22.6 Å². The minimum atomic E-state index is -0.613. The number of halogens is 1. The van der Waals surface area contributed by atoms with Gasteiger partial charge in [0.2, 0.25) is 0 Å². The van der Waals surface area contributed by atoms with Crippen LogP contribution in [0.25, 0.3) is 0 Å². The number of aryl methyl sites for hydroxylation is 1. The lowest BCUT2D eigenvalue weighted by Crippen LogP contribution is -2.14. The minimum Gasteiger partial charge on any atom is -0.490 e. The van der Waals surface area contributed by atoms with Crippen molar-refractivity contribution >= 4 is 17.3 Å². The Balaban J connectivity index is 1.86. The highest BCUT2D eigenvalue weighted by atomic mass is 19.1. The van der Waals surface area contributed by atoms with Crippen molar-refractivity contribution in [2.45, 2.75) is 20.4 Å². The number of aromatic nitrogens is 2. The van der Waals surface area contributed by atoms with E-state index in [2.05, 4.69) is 10.4 Å². The summed E-state index contributed by atoms with van der Waals surface area (Å²) in [6.45, 7) is 3.69. The molecule has 1 amide bonds. The molecule has 0 spiro atoms. The molecule has 3 aromatic rings. The van der Waals surface area contributed by atoms with Gasteiger partial charge in [-0.3, -0.25) is 19.6 Å². The summed E-state index contributed by atoms with van der Waals surface area (Å²) in [6, 6.07) is 10.4. The van der Waals surface area contributed by atoms with Gasteiger partial charge in [0.05, 0.1) is 35.7 Å². The van der Waals surface area contributed by atoms with Crippen molar-refractivity contribution in [3.05, 3.63) is 80.9 Å². The van der Waals surface area contributed by atoms with Crippen molar-refractivity contribution < 1.29 is 18.8 Å². The van der Waals surface area contributed by atoms with Crippen LogP contribution in [0, 0.1) is 29.8 Å². The first-order valence-corrected chi connectivity index (χ1v) is 8.73. The standard InChI is InChI=1S/C20H19FN4O4/c1-12-19(13(2)24(23-12)11-15-6-4-5-7-16(15)21)22-20(26)14-8-9-18(29-3)17(10-14)25(27)28/h4-10H,11H2,1-3H3,(H,22,26). The van der Waals surface area contributed by atoms with E-state index >= 15 is 0 Å². The van der Waals surface area contributed by atoms with Crippen molar-refractivity contribution in [3.63, 3.8) is 0 Å². The molecule has 9 heteroatoms. The summed E-state index contributed by atoms with van der Waals surface area (Å²) in [7, 11) is 1.32. The average molecular weight is 398 g/mol. The van der Waals surface area contributed by atoms with Gasteiger partial charge < -0.3 is 10.1 Å². The zero-order valence-corrected chi connectivity index (χ0v) is 16.1. The quantitative estimate of drug-likeness (QED) is 0.502. The van der Waals surface area contributed by atoms with E-state index < -0.39 is 10.8 Å². The van der Waals surface area contributed by atoms with Crippen LogP contribution in [-0.2, 0) is 6.54 Å². The molecule has 1 heterocycles.